The lowest BCUT2D eigenvalue weighted by molar-refractivity contribution is 0.101. The highest BCUT2D eigenvalue weighted by atomic mass is 35.5. The normalized spacial score (nSPS) is 12.8. The lowest BCUT2D eigenvalue weighted by Crippen LogP contribution is -2.40. The van der Waals surface area contributed by atoms with Crippen LogP contribution in [0.15, 0.2) is 5.38 Å². The van der Waals surface area contributed by atoms with Crippen LogP contribution in [-0.4, -0.2) is 54.8 Å². The summed E-state index contributed by atoms with van der Waals surface area (Å²) < 4.78 is 0. The summed E-state index contributed by atoms with van der Waals surface area (Å²) in [7, 11) is 4.10. The van der Waals surface area contributed by atoms with Gasteiger partial charge in [0.15, 0.2) is 10.9 Å². The molecule has 1 atom stereocenters. The number of ketones is 1. The van der Waals surface area contributed by atoms with Crippen LogP contribution < -0.4 is 4.90 Å². The Kier molecular flexibility index (Phi) is 6.05. The van der Waals surface area contributed by atoms with Crippen LogP contribution in [-0.2, 0) is 0 Å². The van der Waals surface area contributed by atoms with Crippen molar-refractivity contribution in [2.45, 2.75) is 19.9 Å². The average molecular weight is 290 g/mol. The van der Waals surface area contributed by atoms with Gasteiger partial charge in [-0.15, -0.1) is 22.9 Å². The number of thiazole rings is 1. The van der Waals surface area contributed by atoms with Crippen LogP contribution in [0.1, 0.15) is 24.3 Å². The van der Waals surface area contributed by atoms with Crippen LogP contribution in [0.4, 0.5) is 5.13 Å². The smallest absolute Gasteiger partial charge is 0.196 e. The predicted octanol–water partition coefficient (Wildman–Crippen LogP) is 2.34. The first kappa shape index (κ1) is 15.4. The van der Waals surface area contributed by atoms with Gasteiger partial charge in [0.05, 0.1) is 5.88 Å². The van der Waals surface area contributed by atoms with Crippen molar-refractivity contribution in [1.82, 2.24) is 9.88 Å². The molecule has 0 N–H and O–H groups in total. The van der Waals surface area contributed by atoms with Crippen LogP contribution in [0.5, 0.6) is 0 Å². The molecule has 0 radical (unpaired) electrons. The minimum absolute atomic E-state index is 0.0114. The molecule has 1 aromatic rings. The Balaban J connectivity index is 2.82. The summed E-state index contributed by atoms with van der Waals surface area (Å²) in [5.41, 5.74) is 0.473. The Morgan fingerprint density at radius 3 is 2.72 bits per heavy atom. The van der Waals surface area contributed by atoms with Gasteiger partial charge in [-0.1, -0.05) is 0 Å². The zero-order valence-electron chi connectivity index (χ0n) is 11.3. The molecule has 4 nitrogen and oxygen atoms in total. The van der Waals surface area contributed by atoms with E-state index in [9.17, 15) is 4.79 Å². The highest BCUT2D eigenvalue weighted by Crippen LogP contribution is 2.23. The number of anilines is 1. The summed E-state index contributed by atoms with van der Waals surface area (Å²) in [5.74, 6) is -0.127. The van der Waals surface area contributed by atoms with Gasteiger partial charge in [-0.25, -0.2) is 4.98 Å². The van der Waals surface area contributed by atoms with Crippen molar-refractivity contribution < 1.29 is 4.79 Å². The van der Waals surface area contributed by atoms with Crippen molar-refractivity contribution in [2.75, 3.05) is 38.0 Å². The molecular weight excluding hydrogens is 270 g/mol. The topological polar surface area (TPSA) is 36.4 Å². The van der Waals surface area contributed by atoms with E-state index < -0.39 is 0 Å². The maximum absolute atomic E-state index is 11.5. The second-order valence-electron chi connectivity index (χ2n) is 4.47. The molecule has 102 valence electrons. The van der Waals surface area contributed by atoms with E-state index in [0.717, 1.165) is 18.2 Å². The number of alkyl halides is 1. The van der Waals surface area contributed by atoms with Gasteiger partial charge in [0.1, 0.15) is 5.69 Å². The second-order valence-corrected chi connectivity index (χ2v) is 5.57. The molecule has 1 heterocycles. The maximum Gasteiger partial charge on any atom is 0.196 e. The van der Waals surface area contributed by atoms with Gasteiger partial charge in [-0.05, 0) is 27.9 Å². The fourth-order valence-electron chi connectivity index (χ4n) is 1.86. The van der Waals surface area contributed by atoms with Gasteiger partial charge in [0, 0.05) is 24.5 Å². The number of likely N-dealkylation sites (N-methyl/N-ethyl adjacent to an activating group) is 2. The Morgan fingerprint density at radius 2 is 2.22 bits per heavy atom. The molecule has 0 spiro atoms. The molecule has 0 bridgehead atoms. The SMILES string of the molecule is CCN(c1nc(C(=O)CCl)cs1)C(C)CN(C)C. The van der Waals surface area contributed by atoms with E-state index in [1.54, 1.807) is 5.38 Å². The van der Waals surface area contributed by atoms with Gasteiger partial charge in [0.2, 0.25) is 0 Å². The molecule has 0 aliphatic heterocycles. The van der Waals surface area contributed by atoms with Crippen molar-refractivity contribution in [3.05, 3.63) is 11.1 Å². The van der Waals surface area contributed by atoms with Crippen molar-refractivity contribution in [1.29, 1.82) is 0 Å². The summed E-state index contributed by atoms with van der Waals surface area (Å²) in [6, 6.07) is 0.357. The third-order valence-electron chi connectivity index (χ3n) is 2.65. The molecular formula is C12H20ClN3OS. The first-order valence-electron chi connectivity index (χ1n) is 5.95. The number of carbonyl (C=O) groups is 1. The Labute approximate surface area is 118 Å². The number of Topliss-reactive ketones (excluding diaryl/α,β-unsaturated/α-hetero) is 1. The predicted molar refractivity (Wildman–Crippen MR) is 78.2 cm³/mol. The average Bonchev–Trinajstić information content (AvgIpc) is 2.77. The first-order valence-corrected chi connectivity index (χ1v) is 7.37. The summed E-state index contributed by atoms with van der Waals surface area (Å²) >= 11 is 7.03. The molecule has 0 aliphatic rings. The lowest BCUT2D eigenvalue weighted by Gasteiger charge is -2.29. The van der Waals surface area contributed by atoms with E-state index in [0.29, 0.717) is 11.7 Å². The van der Waals surface area contributed by atoms with Crippen LogP contribution in [0, 0.1) is 0 Å². The molecule has 18 heavy (non-hydrogen) atoms. The molecule has 0 aliphatic carbocycles. The second kappa shape index (κ2) is 7.07. The third kappa shape index (κ3) is 3.93. The van der Waals surface area contributed by atoms with Crippen LogP contribution in [0.2, 0.25) is 0 Å². The molecule has 0 saturated carbocycles. The van der Waals surface area contributed by atoms with Gasteiger partial charge in [0.25, 0.3) is 0 Å². The lowest BCUT2D eigenvalue weighted by atomic mass is 10.3. The number of carbonyl (C=O) groups excluding carboxylic acids is 1. The van der Waals surface area contributed by atoms with Crippen molar-refractivity contribution in [2.24, 2.45) is 0 Å². The van der Waals surface area contributed by atoms with Gasteiger partial charge >= 0.3 is 0 Å². The number of hydrogen-bond acceptors (Lipinski definition) is 5. The molecule has 6 heteroatoms. The fourth-order valence-corrected chi connectivity index (χ4v) is 2.99. The Morgan fingerprint density at radius 1 is 1.56 bits per heavy atom. The molecule has 1 rings (SSSR count). The number of halogens is 1. The molecule has 1 unspecified atom stereocenters. The first-order chi connectivity index (χ1) is 8.49. The van der Waals surface area contributed by atoms with E-state index in [4.69, 9.17) is 11.6 Å². The third-order valence-corrected chi connectivity index (χ3v) is 3.77. The Bertz CT molecular complexity index is 394. The van der Waals surface area contributed by atoms with E-state index in [1.807, 2.05) is 0 Å². The highest BCUT2D eigenvalue weighted by Gasteiger charge is 2.18. The standard InChI is InChI=1S/C12H20ClN3OS/c1-5-16(9(2)7-15(3)4)12-14-10(8-18-12)11(17)6-13/h8-9H,5-7H2,1-4H3. The summed E-state index contributed by atoms with van der Waals surface area (Å²) in [6.07, 6.45) is 0. The number of nitrogens with zero attached hydrogens (tertiary/aromatic N) is 3. The minimum atomic E-state index is -0.115. The molecule has 1 aromatic heterocycles. The van der Waals surface area contributed by atoms with Crippen LogP contribution >= 0.6 is 22.9 Å². The molecule has 0 amide bonds. The van der Waals surface area contributed by atoms with Crippen molar-refractivity contribution in [3.8, 4) is 0 Å². The van der Waals surface area contributed by atoms with Crippen molar-refractivity contribution in [3.63, 3.8) is 0 Å². The molecule has 0 aromatic carbocycles. The number of rotatable bonds is 7. The van der Waals surface area contributed by atoms with E-state index in [-0.39, 0.29) is 11.7 Å². The Hall–Kier alpha value is -0.650. The van der Waals surface area contributed by atoms with Crippen LogP contribution in [0.3, 0.4) is 0 Å². The van der Waals surface area contributed by atoms with Crippen molar-refractivity contribution >= 4 is 33.9 Å². The molecule has 0 saturated heterocycles. The van der Waals surface area contributed by atoms with Gasteiger partial charge < -0.3 is 9.80 Å². The highest BCUT2D eigenvalue weighted by molar-refractivity contribution is 7.14. The number of aromatic nitrogens is 1. The van der Waals surface area contributed by atoms with E-state index in [2.05, 4.69) is 42.7 Å². The fraction of sp³-hybridized carbons (Fsp3) is 0.667. The largest absolute Gasteiger partial charge is 0.344 e. The number of hydrogen-bond donors (Lipinski definition) is 0. The van der Waals surface area contributed by atoms with E-state index in [1.165, 1.54) is 11.3 Å². The van der Waals surface area contributed by atoms with E-state index >= 15 is 0 Å². The summed E-state index contributed by atoms with van der Waals surface area (Å²) in [4.78, 5) is 20.2. The summed E-state index contributed by atoms with van der Waals surface area (Å²) in [6.45, 7) is 6.08. The molecule has 0 fully saturated rings. The van der Waals surface area contributed by atoms with Crippen LogP contribution in [0.25, 0.3) is 0 Å². The zero-order valence-corrected chi connectivity index (χ0v) is 12.9. The maximum atomic E-state index is 11.5. The monoisotopic (exact) mass is 289 g/mol. The summed E-state index contributed by atoms with van der Waals surface area (Å²) in [5, 5.41) is 2.67. The zero-order chi connectivity index (χ0) is 13.7. The minimum Gasteiger partial charge on any atom is -0.344 e. The van der Waals surface area contributed by atoms with Gasteiger partial charge in [-0.2, -0.15) is 0 Å². The van der Waals surface area contributed by atoms with Gasteiger partial charge in [-0.3, -0.25) is 4.79 Å². The quantitative estimate of drug-likeness (QED) is 0.570.